The molecule has 0 atom stereocenters. The Morgan fingerprint density at radius 2 is 1.52 bits per heavy atom. The first-order valence-corrected chi connectivity index (χ1v) is 12.8. The SMILES string of the molecule is CS(=O)(=O)N1CCN(Cc2ccc(C(=O)NCc3ccc(Cn4ccnc4)cc3)cc2)CC1. The van der Waals surface area contributed by atoms with Crippen molar-refractivity contribution < 1.29 is 13.2 Å². The van der Waals surface area contributed by atoms with E-state index in [4.69, 9.17) is 0 Å². The van der Waals surface area contributed by atoms with Crippen molar-refractivity contribution in [2.24, 2.45) is 0 Å². The minimum absolute atomic E-state index is 0.106. The number of carbonyl (C=O) groups excluding carboxylic acids is 1. The van der Waals surface area contributed by atoms with Gasteiger partial charge in [-0.15, -0.1) is 0 Å². The molecule has 0 bridgehead atoms. The normalized spacial score (nSPS) is 15.4. The zero-order chi connectivity index (χ0) is 23.3. The largest absolute Gasteiger partial charge is 0.348 e. The van der Waals surface area contributed by atoms with Crippen molar-refractivity contribution in [2.75, 3.05) is 32.4 Å². The highest BCUT2D eigenvalue weighted by Gasteiger charge is 2.23. The Morgan fingerprint density at radius 1 is 0.909 bits per heavy atom. The van der Waals surface area contributed by atoms with Crippen LogP contribution in [0.4, 0.5) is 0 Å². The van der Waals surface area contributed by atoms with E-state index in [0.29, 0.717) is 38.3 Å². The summed E-state index contributed by atoms with van der Waals surface area (Å²) < 4.78 is 26.8. The lowest BCUT2D eigenvalue weighted by molar-refractivity contribution is 0.0951. The maximum absolute atomic E-state index is 12.5. The minimum Gasteiger partial charge on any atom is -0.348 e. The molecule has 4 rings (SSSR count). The van der Waals surface area contributed by atoms with E-state index in [-0.39, 0.29) is 5.91 Å². The molecule has 2 heterocycles. The first-order chi connectivity index (χ1) is 15.9. The summed E-state index contributed by atoms with van der Waals surface area (Å²) in [6.07, 6.45) is 6.74. The van der Waals surface area contributed by atoms with Crippen LogP contribution in [0.25, 0.3) is 0 Å². The average Bonchev–Trinajstić information content (AvgIpc) is 3.32. The molecular weight excluding hydrogens is 438 g/mol. The quantitative estimate of drug-likeness (QED) is 0.547. The van der Waals surface area contributed by atoms with E-state index in [9.17, 15) is 13.2 Å². The third-order valence-corrected chi connectivity index (χ3v) is 7.13. The van der Waals surface area contributed by atoms with Gasteiger partial charge < -0.3 is 9.88 Å². The van der Waals surface area contributed by atoms with Gasteiger partial charge >= 0.3 is 0 Å². The number of amides is 1. The molecule has 1 aliphatic rings. The molecule has 0 aliphatic carbocycles. The Labute approximate surface area is 194 Å². The molecule has 33 heavy (non-hydrogen) atoms. The summed E-state index contributed by atoms with van der Waals surface area (Å²) in [6.45, 7) is 4.43. The molecule has 3 aromatic rings. The number of sulfonamides is 1. The maximum Gasteiger partial charge on any atom is 0.251 e. The number of hydrogen-bond acceptors (Lipinski definition) is 5. The number of rotatable bonds is 8. The van der Waals surface area contributed by atoms with Gasteiger partial charge in [0.15, 0.2) is 0 Å². The monoisotopic (exact) mass is 467 g/mol. The molecule has 0 radical (unpaired) electrons. The van der Waals surface area contributed by atoms with Crippen molar-refractivity contribution in [1.29, 1.82) is 0 Å². The molecule has 1 saturated heterocycles. The molecule has 9 heteroatoms. The van der Waals surface area contributed by atoms with Gasteiger partial charge in [0.1, 0.15) is 0 Å². The fraction of sp³-hybridized carbons (Fsp3) is 0.333. The molecule has 0 unspecified atom stereocenters. The van der Waals surface area contributed by atoms with E-state index in [1.807, 2.05) is 47.2 Å². The molecule has 0 saturated carbocycles. The summed E-state index contributed by atoms with van der Waals surface area (Å²) in [4.78, 5) is 18.8. The van der Waals surface area contributed by atoms with Gasteiger partial charge in [0.05, 0.1) is 12.6 Å². The topological polar surface area (TPSA) is 87.5 Å². The molecule has 0 spiro atoms. The van der Waals surface area contributed by atoms with E-state index >= 15 is 0 Å². The Balaban J connectivity index is 1.24. The highest BCUT2D eigenvalue weighted by atomic mass is 32.2. The van der Waals surface area contributed by atoms with E-state index in [0.717, 1.165) is 24.2 Å². The van der Waals surface area contributed by atoms with E-state index < -0.39 is 10.0 Å². The fourth-order valence-corrected chi connectivity index (χ4v) is 4.70. The molecule has 8 nitrogen and oxygen atoms in total. The summed E-state index contributed by atoms with van der Waals surface area (Å²) in [6, 6.07) is 15.8. The molecular formula is C24H29N5O3S. The lowest BCUT2D eigenvalue weighted by Gasteiger charge is -2.33. The van der Waals surface area contributed by atoms with Crippen molar-refractivity contribution in [3.63, 3.8) is 0 Å². The predicted octanol–water partition coefficient (Wildman–Crippen LogP) is 1.94. The van der Waals surface area contributed by atoms with Crippen molar-refractivity contribution in [1.82, 2.24) is 24.1 Å². The Kier molecular flexibility index (Phi) is 7.22. The zero-order valence-electron chi connectivity index (χ0n) is 18.7. The number of aromatic nitrogens is 2. The number of nitrogens with zero attached hydrogens (tertiary/aromatic N) is 4. The van der Waals surface area contributed by atoms with E-state index in [2.05, 4.69) is 27.3 Å². The van der Waals surface area contributed by atoms with Crippen molar-refractivity contribution in [2.45, 2.75) is 19.6 Å². The second-order valence-corrected chi connectivity index (χ2v) is 10.4. The second kappa shape index (κ2) is 10.3. The minimum atomic E-state index is -3.12. The highest BCUT2D eigenvalue weighted by Crippen LogP contribution is 2.12. The van der Waals surface area contributed by atoms with Crippen molar-refractivity contribution in [3.8, 4) is 0 Å². The van der Waals surface area contributed by atoms with Gasteiger partial charge in [0, 0.05) is 63.8 Å². The van der Waals surface area contributed by atoms with Crippen LogP contribution in [0.2, 0.25) is 0 Å². The Hall–Kier alpha value is -3.01. The van der Waals surface area contributed by atoms with Gasteiger partial charge in [-0.1, -0.05) is 36.4 Å². The zero-order valence-corrected chi connectivity index (χ0v) is 19.5. The third kappa shape index (κ3) is 6.50. The van der Waals surface area contributed by atoms with Crippen LogP contribution in [-0.2, 0) is 29.7 Å². The van der Waals surface area contributed by atoms with Crippen LogP contribution in [0, 0.1) is 0 Å². The lowest BCUT2D eigenvalue weighted by Crippen LogP contribution is -2.47. The van der Waals surface area contributed by atoms with E-state index in [1.54, 1.807) is 12.5 Å². The van der Waals surface area contributed by atoms with E-state index in [1.165, 1.54) is 16.1 Å². The number of imidazole rings is 1. The van der Waals surface area contributed by atoms with Crippen LogP contribution in [0.3, 0.4) is 0 Å². The van der Waals surface area contributed by atoms with Crippen LogP contribution in [0.5, 0.6) is 0 Å². The summed E-state index contributed by atoms with van der Waals surface area (Å²) in [5, 5.41) is 2.97. The third-order valence-electron chi connectivity index (χ3n) is 5.82. The first-order valence-electron chi connectivity index (χ1n) is 10.9. The first kappa shape index (κ1) is 23.2. The van der Waals surface area contributed by atoms with Crippen LogP contribution >= 0.6 is 0 Å². The van der Waals surface area contributed by atoms with Gasteiger partial charge in [-0.05, 0) is 28.8 Å². The maximum atomic E-state index is 12.5. The summed E-state index contributed by atoms with van der Waals surface area (Å²) in [5.41, 5.74) is 3.95. The molecule has 1 amide bonds. The molecule has 1 aromatic heterocycles. The Bertz CT molecular complexity index is 1150. The molecule has 1 aliphatic heterocycles. The molecule has 174 valence electrons. The number of benzene rings is 2. The standard InChI is InChI=1S/C24H29N5O3S/c1-33(31,32)29-14-12-27(13-15-29)17-22-6-8-23(9-7-22)24(30)26-16-20-2-4-21(5-3-20)18-28-11-10-25-19-28/h2-11,19H,12-18H2,1H3,(H,26,30). The molecule has 2 aromatic carbocycles. The average molecular weight is 468 g/mol. The number of carbonyl (C=O) groups is 1. The summed E-state index contributed by atoms with van der Waals surface area (Å²) >= 11 is 0. The lowest BCUT2D eigenvalue weighted by atomic mass is 10.1. The number of piperazine rings is 1. The number of nitrogens with one attached hydrogen (secondary N) is 1. The smallest absolute Gasteiger partial charge is 0.251 e. The predicted molar refractivity (Wildman–Crippen MR) is 127 cm³/mol. The van der Waals surface area contributed by atoms with Gasteiger partial charge in [0.25, 0.3) is 5.91 Å². The second-order valence-electron chi connectivity index (χ2n) is 8.37. The van der Waals surface area contributed by atoms with Gasteiger partial charge in [-0.25, -0.2) is 13.4 Å². The van der Waals surface area contributed by atoms with Crippen LogP contribution in [0.1, 0.15) is 27.0 Å². The molecule has 1 N–H and O–H groups in total. The summed E-state index contributed by atoms with van der Waals surface area (Å²) in [7, 11) is -3.12. The van der Waals surface area contributed by atoms with Crippen LogP contribution in [-0.4, -0.2) is 65.5 Å². The fourth-order valence-electron chi connectivity index (χ4n) is 3.88. The highest BCUT2D eigenvalue weighted by molar-refractivity contribution is 7.88. The van der Waals surface area contributed by atoms with Crippen molar-refractivity contribution in [3.05, 3.63) is 89.5 Å². The van der Waals surface area contributed by atoms with Gasteiger partial charge in [0.2, 0.25) is 10.0 Å². The van der Waals surface area contributed by atoms with Crippen molar-refractivity contribution >= 4 is 15.9 Å². The van der Waals surface area contributed by atoms with Crippen LogP contribution in [0.15, 0.2) is 67.3 Å². The molecule has 1 fully saturated rings. The number of hydrogen-bond donors (Lipinski definition) is 1. The Morgan fingerprint density at radius 3 is 2.12 bits per heavy atom. The van der Waals surface area contributed by atoms with Gasteiger partial charge in [-0.3, -0.25) is 9.69 Å². The summed E-state index contributed by atoms with van der Waals surface area (Å²) in [5.74, 6) is -0.106. The van der Waals surface area contributed by atoms with Gasteiger partial charge in [-0.2, -0.15) is 4.31 Å². The van der Waals surface area contributed by atoms with Crippen LogP contribution < -0.4 is 5.32 Å².